The number of nitrogens with one attached hydrogen (secondary N) is 1. The van der Waals surface area contributed by atoms with E-state index in [4.69, 9.17) is 11.1 Å². The van der Waals surface area contributed by atoms with E-state index in [1.165, 1.54) is 12.1 Å². The Bertz CT molecular complexity index is 917. The summed E-state index contributed by atoms with van der Waals surface area (Å²) in [6.45, 7) is 0. The summed E-state index contributed by atoms with van der Waals surface area (Å²) in [4.78, 5) is 0. The predicted molar refractivity (Wildman–Crippen MR) is 93.7 cm³/mol. The molecule has 0 saturated heterocycles. The van der Waals surface area contributed by atoms with Crippen LogP contribution >= 0.6 is 0 Å². The van der Waals surface area contributed by atoms with E-state index in [2.05, 4.69) is 0 Å². The van der Waals surface area contributed by atoms with E-state index in [0.717, 1.165) is 22.8 Å². The summed E-state index contributed by atoms with van der Waals surface area (Å²) in [5.41, 5.74) is 9.05. The highest BCUT2D eigenvalue weighted by molar-refractivity contribution is 5.95. The lowest BCUT2D eigenvalue weighted by Crippen LogP contribution is -2.11. The average molecular weight is 338 g/mol. The average Bonchev–Trinajstić information content (AvgIpc) is 2.54. The van der Waals surface area contributed by atoms with Crippen molar-refractivity contribution >= 4 is 5.84 Å². The lowest BCUT2D eigenvalue weighted by atomic mass is 9.93. The van der Waals surface area contributed by atoms with Crippen LogP contribution in [0.3, 0.4) is 0 Å². The van der Waals surface area contributed by atoms with E-state index < -0.39 is 11.6 Å². The summed E-state index contributed by atoms with van der Waals surface area (Å²) in [6, 6.07) is 15.3. The zero-order chi connectivity index (χ0) is 18.0. The van der Waals surface area contributed by atoms with Gasteiger partial charge in [-0.05, 0) is 59.0 Å². The Morgan fingerprint density at radius 1 is 0.920 bits per heavy atom. The number of phenols is 1. The van der Waals surface area contributed by atoms with Crippen LogP contribution in [0.15, 0.2) is 60.7 Å². The lowest BCUT2D eigenvalue weighted by Gasteiger charge is -2.13. The predicted octanol–water partition coefficient (Wildman–Crippen LogP) is 4.21. The third kappa shape index (κ3) is 3.83. The first-order chi connectivity index (χ1) is 11.9. The molecule has 0 heterocycles. The van der Waals surface area contributed by atoms with Gasteiger partial charge >= 0.3 is 0 Å². The number of nitrogens with two attached hydrogens (primary N) is 1. The van der Waals surface area contributed by atoms with Gasteiger partial charge in [-0.2, -0.15) is 0 Å². The smallest absolute Gasteiger partial charge is 0.126 e. The Kier molecular flexibility index (Phi) is 4.48. The fourth-order valence-corrected chi connectivity index (χ4v) is 2.76. The molecule has 0 bridgehead atoms. The Morgan fingerprint density at radius 2 is 1.56 bits per heavy atom. The SMILES string of the molecule is N=C(N)c1ccc(-c2ccc(O)cc2)c(Cc2cc(F)cc(F)c2)c1. The van der Waals surface area contributed by atoms with E-state index in [9.17, 15) is 13.9 Å². The summed E-state index contributed by atoms with van der Waals surface area (Å²) < 4.78 is 27.0. The van der Waals surface area contributed by atoms with Crippen LogP contribution in [0.1, 0.15) is 16.7 Å². The number of phenolic OH excluding ortho intramolecular Hbond substituents is 1. The van der Waals surface area contributed by atoms with Gasteiger partial charge in [0.05, 0.1) is 0 Å². The zero-order valence-electron chi connectivity index (χ0n) is 13.3. The molecule has 0 aliphatic heterocycles. The topological polar surface area (TPSA) is 70.1 Å². The zero-order valence-corrected chi connectivity index (χ0v) is 13.3. The largest absolute Gasteiger partial charge is 0.508 e. The molecule has 0 spiro atoms. The van der Waals surface area contributed by atoms with E-state index in [1.807, 2.05) is 6.07 Å². The van der Waals surface area contributed by atoms with Crippen LogP contribution in [0.2, 0.25) is 0 Å². The number of hydrogen-bond donors (Lipinski definition) is 3. The number of rotatable bonds is 4. The first-order valence-corrected chi connectivity index (χ1v) is 7.64. The lowest BCUT2D eigenvalue weighted by molar-refractivity contribution is 0.475. The van der Waals surface area contributed by atoms with Crippen molar-refractivity contribution in [1.29, 1.82) is 5.41 Å². The molecule has 3 rings (SSSR count). The number of halogens is 2. The second-order valence-corrected chi connectivity index (χ2v) is 5.79. The van der Waals surface area contributed by atoms with Crippen LogP contribution in [0, 0.1) is 17.0 Å². The molecular formula is C20H16F2N2O. The Labute approximate surface area is 143 Å². The molecule has 0 atom stereocenters. The maximum Gasteiger partial charge on any atom is 0.126 e. The van der Waals surface area contributed by atoms with Crippen LogP contribution in [-0.4, -0.2) is 10.9 Å². The molecule has 25 heavy (non-hydrogen) atoms. The van der Waals surface area contributed by atoms with E-state index >= 15 is 0 Å². The fourth-order valence-electron chi connectivity index (χ4n) is 2.76. The minimum atomic E-state index is -0.635. The molecule has 4 N–H and O–H groups in total. The van der Waals surface area contributed by atoms with Crippen molar-refractivity contribution in [1.82, 2.24) is 0 Å². The van der Waals surface area contributed by atoms with Crippen molar-refractivity contribution in [3.8, 4) is 16.9 Å². The molecule has 0 fully saturated rings. The maximum atomic E-state index is 13.5. The van der Waals surface area contributed by atoms with Crippen LogP contribution in [0.4, 0.5) is 8.78 Å². The van der Waals surface area contributed by atoms with Gasteiger partial charge in [0.15, 0.2) is 0 Å². The quantitative estimate of drug-likeness (QED) is 0.492. The number of aromatic hydroxyl groups is 1. The van der Waals surface area contributed by atoms with Gasteiger partial charge < -0.3 is 10.8 Å². The number of nitrogen functional groups attached to an aromatic ring is 1. The summed E-state index contributed by atoms with van der Waals surface area (Å²) in [7, 11) is 0. The fraction of sp³-hybridized carbons (Fsp3) is 0.0500. The highest BCUT2D eigenvalue weighted by Crippen LogP contribution is 2.28. The molecule has 0 saturated carbocycles. The first kappa shape index (κ1) is 16.6. The van der Waals surface area contributed by atoms with E-state index in [-0.39, 0.29) is 18.0 Å². The first-order valence-electron chi connectivity index (χ1n) is 7.64. The van der Waals surface area contributed by atoms with Crippen molar-refractivity contribution in [2.45, 2.75) is 6.42 Å². The maximum absolute atomic E-state index is 13.5. The number of benzene rings is 3. The van der Waals surface area contributed by atoms with Crippen molar-refractivity contribution < 1.29 is 13.9 Å². The van der Waals surface area contributed by atoms with Crippen molar-refractivity contribution in [2.75, 3.05) is 0 Å². The highest BCUT2D eigenvalue weighted by atomic mass is 19.1. The van der Waals surface area contributed by atoms with Gasteiger partial charge in [-0.1, -0.05) is 24.3 Å². The van der Waals surface area contributed by atoms with Crippen LogP contribution < -0.4 is 5.73 Å². The Balaban J connectivity index is 2.09. The summed E-state index contributed by atoms with van der Waals surface area (Å²) in [6.07, 6.45) is 0.284. The molecule has 3 aromatic rings. The second-order valence-electron chi connectivity index (χ2n) is 5.79. The van der Waals surface area contributed by atoms with Gasteiger partial charge in [-0.15, -0.1) is 0 Å². The summed E-state index contributed by atoms with van der Waals surface area (Å²) >= 11 is 0. The molecule has 0 amide bonds. The Morgan fingerprint density at radius 3 is 2.16 bits per heavy atom. The van der Waals surface area contributed by atoms with Gasteiger partial charge in [0.25, 0.3) is 0 Å². The minimum Gasteiger partial charge on any atom is -0.508 e. The monoisotopic (exact) mass is 338 g/mol. The molecule has 3 aromatic carbocycles. The molecule has 3 nitrogen and oxygen atoms in total. The molecular weight excluding hydrogens is 322 g/mol. The van der Waals surface area contributed by atoms with Crippen molar-refractivity contribution in [2.24, 2.45) is 5.73 Å². The minimum absolute atomic E-state index is 0.0797. The van der Waals surface area contributed by atoms with Crippen LogP contribution in [0.5, 0.6) is 5.75 Å². The van der Waals surface area contributed by atoms with Crippen LogP contribution in [0.25, 0.3) is 11.1 Å². The molecule has 0 aliphatic carbocycles. The third-order valence-electron chi connectivity index (χ3n) is 3.91. The second kappa shape index (κ2) is 6.73. The van der Waals surface area contributed by atoms with Gasteiger partial charge in [-0.25, -0.2) is 8.78 Å². The van der Waals surface area contributed by atoms with E-state index in [0.29, 0.717) is 11.1 Å². The molecule has 0 unspecified atom stereocenters. The van der Waals surface area contributed by atoms with Gasteiger partial charge in [0.1, 0.15) is 23.2 Å². The van der Waals surface area contributed by atoms with Crippen molar-refractivity contribution in [3.05, 3.63) is 89.0 Å². The number of hydrogen-bond acceptors (Lipinski definition) is 2. The number of amidine groups is 1. The molecule has 0 radical (unpaired) electrons. The Hall–Kier alpha value is -3.21. The molecule has 5 heteroatoms. The summed E-state index contributed by atoms with van der Waals surface area (Å²) in [5.74, 6) is -1.20. The van der Waals surface area contributed by atoms with Gasteiger partial charge in [0, 0.05) is 11.6 Å². The molecule has 0 aromatic heterocycles. The third-order valence-corrected chi connectivity index (χ3v) is 3.91. The van der Waals surface area contributed by atoms with Crippen LogP contribution in [-0.2, 0) is 6.42 Å². The normalized spacial score (nSPS) is 10.6. The molecule has 0 aliphatic rings. The molecule has 126 valence electrons. The van der Waals surface area contributed by atoms with Gasteiger partial charge in [-0.3, -0.25) is 5.41 Å². The van der Waals surface area contributed by atoms with Crippen molar-refractivity contribution in [3.63, 3.8) is 0 Å². The highest BCUT2D eigenvalue weighted by Gasteiger charge is 2.10. The van der Waals surface area contributed by atoms with E-state index in [1.54, 1.807) is 36.4 Å². The standard InChI is InChI=1S/C20H16F2N2O/c21-16-8-12(9-17(22)11-16)7-15-10-14(20(23)24)3-6-19(15)13-1-4-18(25)5-2-13/h1-6,8-11,25H,7H2,(H3,23,24). The van der Waals surface area contributed by atoms with Gasteiger partial charge in [0.2, 0.25) is 0 Å². The summed E-state index contributed by atoms with van der Waals surface area (Å²) in [5, 5.41) is 17.1.